The average molecular weight is 199 g/mol. The lowest BCUT2D eigenvalue weighted by Crippen LogP contribution is -2.55. The second-order valence-corrected chi connectivity index (χ2v) is 4.45. The van der Waals surface area contributed by atoms with Crippen LogP contribution in [0, 0.1) is 0 Å². The number of nitrogens with zero attached hydrogens (tertiary/aromatic N) is 2. The van der Waals surface area contributed by atoms with E-state index in [1.165, 1.54) is 19.6 Å². The van der Waals surface area contributed by atoms with Gasteiger partial charge in [0.2, 0.25) is 0 Å². The minimum atomic E-state index is 0.675. The Bertz CT molecular complexity index is 159. The molecule has 84 valence electrons. The molecule has 1 unspecified atom stereocenters. The van der Waals surface area contributed by atoms with E-state index in [4.69, 9.17) is 5.73 Å². The molecule has 0 amide bonds. The lowest BCUT2D eigenvalue weighted by Gasteiger charge is -2.42. The molecular formula is C11H25N3. The molecule has 14 heavy (non-hydrogen) atoms. The van der Waals surface area contributed by atoms with Gasteiger partial charge in [-0.1, -0.05) is 6.92 Å². The number of piperazine rings is 1. The fourth-order valence-corrected chi connectivity index (χ4v) is 2.27. The fraction of sp³-hybridized carbons (Fsp3) is 1.00. The van der Waals surface area contributed by atoms with Gasteiger partial charge >= 0.3 is 0 Å². The van der Waals surface area contributed by atoms with Gasteiger partial charge in [-0.2, -0.15) is 0 Å². The Labute approximate surface area is 88.2 Å². The van der Waals surface area contributed by atoms with Crippen LogP contribution < -0.4 is 5.73 Å². The molecule has 3 nitrogen and oxygen atoms in total. The molecule has 1 heterocycles. The van der Waals surface area contributed by atoms with Gasteiger partial charge in [0.15, 0.2) is 0 Å². The van der Waals surface area contributed by atoms with Crippen LogP contribution >= 0.6 is 0 Å². The zero-order valence-electron chi connectivity index (χ0n) is 9.87. The summed E-state index contributed by atoms with van der Waals surface area (Å²) < 4.78 is 0. The minimum Gasteiger partial charge on any atom is -0.330 e. The van der Waals surface area contributed by atoms with Crippen LogP contribution in [0.5, 0.6) is 0 Å². The van der Waals surface area contributed by atoms with Gasteiger partial charge in [-0.3, -0.25) is 9.80 Å². The van der Waals surface area contributed by atoms with Crippen LogP contribution in [-0.4, -0.2) is 54.6 Å². The van der Waals surface area contributed by atoms with Gasteiger partial charge in [-0.15, -0.1) is 0 Å². The molecule has 1 aliphatic heterocycles. The maximum atomic E-state index is 5.65. The maximum Gasteiger partial charge on any atom is 0.0235 e. The van der Waals surface area contributed by atoms with E-state index in [2.05, 4.69) is 30.6 Å². The Morgan fingerprint density at radius 1 is 1.36 bits per heavy atom. The highest BCUT2D eigenvalue weighted by atomic mass is 15.3. The molecule has 1 aliphatic rings. The van der Waals surface area contributed by atoms with Gasteiger partial charge in [-0.25, -0.2) is 0 Å². The van der Waals surface area contributed by atoms with E-state index < -0.39 is 0 Å². The summed E-state index contributed by atoms with van der Waals surface area (Å²) in [6.07, 6.45) is 1.14. The molecule has 0 radical (unpaired) electrons. The van der Waals surface area contributed by atoms with Crippen molar-refractivity contribution in [1.29, 1.82) is 0 Å². The molecule has 0 aliphatic carbocycles. The molecule has 2 N–H and O–H groups in total. The van der Waals surface area contributed by atoms with E-state index in [1.807, 2.05) is 0 Å². The van der Waals surface area contributed by atoms with Crippen LogP contribution in [-0.2, 0) is 0 Å². The Kier molecular flexibility index (Phi) is 4.85. The van der Waals surface area contributed by atoms with Crippen LogP contribution in [0.4, 0.5) is 0 Å². The van der Waals surface area contributed by atoms with Gasteiger partial charge in [0, 0.05) is 31.7 Å². The monoisotopic (exact) mass is 199 g/mol. The van der Waals surface area contributed by atoms with E-state index >= 15 is 0 Å². The lowest BCUT2D eigenvalue weighted by molar-refractivity contribution is 0.0573. The second-order valence-electron chi connectivity index (χ2n) is 4.45. The molecule has 1 fully saturated rings. The fourth-order valence-electron chi connectivity index (χ4n) is 2.27. The standard InChI is InChI=1S/C11H25N3/c1-4-13-7-8-14(10(2)3)9-11(13)5-6-12/h10-11H,4-9,12H2,1-3H3. The molecule has 0 aromatic heterocycles. The number of nitrogens with two attached hydrogens (primary N) is 1. The number of likely N-dealkylation sites (N-methyl/N-ethyl adjacent to an activating group) is 1. The molecule has 0 saturated carbocycles. The van der Waals surface area contributed by atoms with Gasteiger partial charge in [0.25, 0.3) is 0 Å². The van der Waals surface area contributed by atoms with Crippen molar-refractivity contribution in [3.8, 4) is 0 Å². The highest BCUT2D eigenvalue weighted by Gasteiger charge is 2.26. The Balaban J connectivity index is 2.48. The first-order chi connectivity index (χ1) is 6.69. The molecule has 0 spiro atoms. The summed E-state index contributed by atoms with van der Waals surface area (Å²) in [6, 6.07) is 1.36. The van der Waals surface area contributed by atoms with Crippen molar-refractivity contribution in [2.75, 3.05) is 32.7 Å². The summed E-state index contributed by atoms with van der Waals surface area (Å²) in [7, 11) is 0. The van der Waals surface area contributed by atoms with Crippen LogP contribution in [0.3, 0.4) is 0 Å². The van der Waals surface area contributed by atoms with Crippen LogP contribution in [0.2, 0.25) is 0 Å². The van der Waals surface area contributed by atoms with Crippen molar-refractivity contribution in [3.63, 3.8) is 0 Å². The van der Waals surface area contributed by atoms with Crippen LogP contribution in [0.1, 0.15) is 27.2 Å². The topological polar surface area (TPSA) is 32.5 Å². The number of hydrogen-bond acceptors (Lipinski definition) is 3. The highest BCUT2D eigenvalue weighted by Crippen LogP contribution is 2.14. The normalized spacial score (nSPS) is 25.9. The van der Waals surface area contributed by atoms with Crippen molar-refractivity contribution >= 4 is 0 Å². The molecule has 1 rings (SSSR count). The van der Waals surface area contributed by atoms with Crippen molar-refractivity contribution in [2.45, 2.75) is 39.3 Å². The SMILES string of the molecule is CCN1CCN(C(C)C)CC1CCN. The van der Waals surface area contributed by atoms with E-state index in [9.17, 15) is 0 Å². The van der Waals surface area contributed by atoms with Crippen LogP contribution in [0.25, 0.3) is 0 Å². The molecule has 3 heteroatoms. The molecule has 0 bridgehead atoms. The Hall–Kier alpha value is -0.120. The zero-order valence-corrected chi connectivity index (χ0v) is 9.87. The zero-order chi connectivity index (χ0) is 10.6. The molecule has 0 aromatic carbocycles. The van der Waals surface area contributed by atoms with E-state index in [0.717, 1.165) is 19.5 Å². The van der Waals surface area contributed by atoms with Gasteiger partial charge in [0.05, 0.1) is 0 Å². The summed E-state index contributed by atoms with van der Waals surface area (Å²) in [6.45, 7) is 12.4. The smallest absolute Gasteiger partial charge is 0.0235 e. The van der Waals surface area contributed by atoms with Crippen LogP contribution in [0.15, 0.2) is 0 Å². The summed E-state index contributed by atoms with van der Waals surface area (Å²) in [5, 5.41) is 0. The van der Waals surface area contributed by atoms with Crippen molar-refractivity contribution in [1.82, 2.24) is 9.80 Å². The number of hydrogen-bond donors (Lipinski definition) is 1. The average Bonchev–Trinajstić information content (AvgIpc) is 2.18. The maximum absolute atomic E-state index is 5.65. The van der Waals surface area contributed by atoms with Gasteiger partial charge < -0.3 is 5.73 Å². The molecule has 1 atom stereocenters. The summed E-state index contributed by atoms with van der Waals surface area (Å²) >= 11 is 0. The first-order valence-corrected chi connectivity index (χ1v) is 5.87. The largest absolute Gasteiger partial charge is 0.330 e. The van der Waals surface area contributed by atoms with E-state index in [0.29, 0.717) is 12.1 Å². The first-order valence-electron chi connectivity index (χ1n) is 5.87. The Morgan fingerprint density at radius 2 is 2.07 bits per heavy atom. The first kappa shape index (κ1) is 12.0. The van der Waals surface area contributed by atoms with Crippen molar-refractivity contribution in [3.05, 3.63) is 0 Å². The predicted molar refractivity (Wildman–Crippen MR) is 61.4 cm³/mol. The van der Waals surface area contributed by atoms with Crippen molar-refractivity contribution in [2.24, 2.45) is 5.73 Å². The summed E-state index contributed by atoms with van der Waals surface area (Å²) in [5.74, 6) is 0. The third kappa shape index (κ3) is 2.94. The van der Waals surface area contributed by atoms with E-state index in [1.54, 1.807) is 0 Å². The van der Waals surface area contributed by atoms with E-state index in [-0.39, 0.29) is 0 Å². The second kappa shape index (κ2) is 5.69. The highest BCUT2D eigenvalue weighted by molar-refractivity contribution is 4.83. The quantitative estimate of drug-likeness (QED) is 0.725. The third-order valence-electron chi connectivity index (χ3n) is 3.27. The Morgan fingerprint density at radius 3 is 2.57 bits per heavy atom. The molecule has 1 saturated heterocycles. The summed E-state index contributed by atoms with van der Waals surface area (Å²) in [5.41, 5.74) is 5.65. The lowest BCUT2D eigenvalue weighted by atomic mass is 10.1. The van der Waals surface area contributed by atoms with Gasteiger partial charge in [-0.05, 0) is 33.4 Å². The van der Waals surface area contributed by atoms with Gasteiger partial charge in [0.1, 0.15) is 0 Å². The number of rotatable bonds is 4. The minimum absolute atomic E-state index is 0.675. The third-order valence-corrected chi connectivity index (χ3v) is 3.27. The summed E-state index contributed by atoms with van der Waals surface area (Å²) in [4.78, 5) is 5.12. The molecular weight excluding hydrogens is 174 g/mol. The predicted octanol–water partition coefficient (Wildman–Crippen LogP) is 0.750. The molecule has 0 aromatic rings. The van der Waals surface area contributed by atoms with Crippen molar-refractivity contribution < 1.29 is 0 Å².